The van der Waals surface area contributed by atoms with Crippen LogP contribution in [-0.4, -0.2) is 63.9 Å². The molecule has 2 fully saturated rings. The maximum absolute atomic E-state index is 14.2. The van der Waals surface area contributed by atoms with E-state index in [1.807, 2.05) is 4.90 Å². The molecule has 3 aliphatic rings. The third-order valence-corrected chi connectivity index (χ3v) is 6.62. The normalized spacial score (nSPS) is 26.7. The molecular formula is C21H22F3N5O3. The molecule has 3 aliphatic heterocycles. The summed E-state index contributed by atoms with van der Waals surface area (Å²) < 4.78 is 49.1. The second-order valence-electron chi connectivity index (χ2n) is 8.81. The van der Waals surface area contributed by atoms with Crippen LogP contribution in [0.25, 0.3) is 0 Å². The molecule has 2 aromatic heterocycles. The Hall–Kier alpha value is -2.95. The van der Waals surface area contributed by atoms with Gasteiger partial charge in [0.25, 0.3) is 5.56 Å². The molecule has 0 amide bonds. The fourth-order valence-electron chi connectivity index (χ4n) is 4.63. The van der Waals surface area contributed by atoms with Crippen LogP contribution in [0.3, 0.4) is 0 Å². The number of anilines is 2. The van der Waals surface area contributed by atoms with Crippen molar-refractivity contribution < 1.29 is 22.7 Å². The number of pyridine rings is 1. The van der Waals surface area contributed by atoms with Crippen molar-refractivity contribution in [3.8, 4) is 0 Å². The molecule has 0 N–H and O–H groups in total. The minimum atomic E-state index is -4.69. The number of nitrogens with zero attached hydrogens (tertiary/aromatic N) is 5. The lowest BCUT2D eigenvalue weighted by Gasteiger charge is -2.36. The second-order valence-corrected chi connectivity index (χ2v) is 8.81. The van der Waals surface area contributed by atoms with E-state index in [4.69, 9.17) is 4.74 Å². The first-order chi connectivity index (χ1) is 15.1. The fraction of sp³-hybridized carbons (Fsp3) is 0.524. The molecule has 2 saturated heterocycles. The number of rotatable bonds is 4. The molecule has 32 heavy (non-hydrogen) atoms. The number of aryl methyl sites for hydroxylation is 1. The third-order valence-electron chi connectivity index (χ3n) is 6.62. The summed E-state index contributed by atoms with van der Waals surface area (Å²) in [5.41, 5.74) is -2.14. The van der Waals surface area contributed by atoms with Gasteiger partial charge in [-0.3, -0.25) is 19.1 Å². The first kappa shape index (κ1) is 20.9. The summed E-state index contributed by atoms with van der Waals surface area (Å²) in [6, 6.07) is 4.47. The highest BCUT2D eigenvalue weighted by Crippen LogP contribution is 2.43. The smallest absolute Gasteiger partial charge is 0.374 e. The molecule has 3 atom stereocenters. The summed E-state index contributed by atoms with van der Waals surface area (Å²) in [6.07, 6.45) is -2.52. The SMILES string of the molecule is Cc1ccc(C(=O)CN2c3nc(N4C[C@@H]5C[C@H]4CO5)cc(=O)n3CC2(C)C(F)(F)F)cn1. The quantitative estimate of drug-likeness (QED) is 0.660. The molecule has 5 heterocycles. The van der Waals surface area contributed by atoms with E-state index >= 15 is 0 Å². The van der Waals surface area contributed by atoms with Gasteiger partial charge in [-0.25, -0.2) is 0 Å². The number of carbonyl (C=O) groups excluding carboxylic acids is 1. The van der Waals surface area contributed by atoms with Crippen LogP contribution in [0.2, 0.25) is 0 Å². The lowest BCUT2D eigenvalue weighted by atomic mass is 10.00. The summed E-state index contributed by atoms with van der Waals surface area (Å²) >= 11 is 0. The molecule has 11 heteroatoms. The number of fused-ring (bicyclic) bond motifs is 3. The largest absolute Gasteiger partial charge is 0.413 e. The first-order valence-corrected chi connectivity index (χ1v) is 10.4. The zero-order valence-corrected chi connectivity index (χ0v) is 17.6. The molecular weight excluding hydrogens is 427 g/mol. The molecule has 0 spiro atoms. The van der Waals surface area contributed by atoms with Gasteiger partial charge in [-0.2, -0.15) is 18.2 Å². The van der Waals surface area contributed by atoms with Crippen LogP contribution < -0.4 is 15.4 Å². The molecule has 2 bridgehead atoms. The maximum Gasteiger partial charge on any atom is 0.413 e. The van der Waals surface area contributed by atoms with Gasteiger partial charge >= 0.3 is 6.18 Å². The van der Waals surface area contributed by atoms with Gasteiger partial charge in [0.15, 0.2) is 11.3 Å². The first-order valence-electron chi connectivity index (χ1n) is 10.4. The minimum Gasteiger partial charge on any atom is -0.374 e. The number of hydrogen-bond donors (Lipinski definition) is 0. The van der Waals surface area contributed by atoms with Gasteiger partial charge in [0.05, 0.1) is 31.8 Å². The van der Waals surface area contributed by atoms with Crippen molar-refractivity contribution in [1.29, 1.82) is 0 Å². The predicted molar refractivity (Wildman–Crippen MR) is 109 cm³/mol. The number of Topliss-reactive ketones (excluding diaryl/α,β-unsaturated/α-hetero) is 1. The number of aromatic nitrogens is 3. The average molecular weight is 449 g/mol. The third kappa shape index (κ3) is 3.17. The Balaban J connectivity index is 1.55. The monoisotopic (exact) mass is 449 g/mol. The van der Waals surface area contributed by atoms with Crippen LogP contribution in [-0.2, 0) is 11.3 Å². The standard InChI is InChI=1S/C21H22F3N5O3/c1-12-3-4-13(7-25-12)16(30)9-29-19-26-17(27-8-15-5-14(27)10-32-15)6-18(31)28(19)11-20(29,2)21(22,23)24/h3-4,6-7,14-15H,5,8-11H2,1-2H3/t14-,15-,20?/m0/s1. The number of ketones is 1. The van der Waals surface area contributed by atoms with Gasteiger partial charge in [0, 0.05) is 30.1 Å². The van der Waals surface area contributed by atoms with E-state index in [0.29, 0.717) is 24.7 Å². The number of morpholine rings is 1. The summed E-state index contributed by atoms with van der Waals surface area (Å²) in [7, 11) is 0. The maximum atomic E-state index is 14.2. The van der Waals surface area contributed by atoms with Crippen molar-refractivity contribution in [2.24, 2.45) is 0 Å². The highest BCUT2D eigenvalue weighted by atomic mass is 19.4. The number of hydrogen-bond acceptors (Lipinski definition) is 7. The Kier molecular flexibility index (Phi) is 4.59. The van der Waals surface area contributed by atoms with E-state index in [9.17, 15) is 22.8 Å². The van der Waals surface area contributed by atoms with Gasteiger partial charge in [-0.05, 0) is 32.4 Å². The van der Waals surface area contributed by atoms with Gasteiger partial charge in [-0.15, -0.1) is 0 Å². The van der Waals surface area contributed by atoms with Gasteiger partial charge in [-0.1, -0.05) is 0 Å². The Morgan fingerprint density at radius 1 is 1.34 bits per heavy atom. The highest BCUT2D eigenvalue weighted by Gasteiger charge is 2.60. The molecule has 0 radical (unpaired) electrons. The summed E-state index contributed by atoms with van der Waals surface area (Å²) in [4.78, 5) is 37.0. The van der Waals surface area contributed by atoms with Crippen LogP contribution in [0.5, 0.6) is 0 Å². The number of ether oxygens (including phenoxy) is 1. The van der Waals surface area contributed by atoms with Gasteiger partial charge < -0.3 is 14.5 Å². The van der Waals surface area contributed by atoms with Crippen molar-refractivity contribution in [2.45, 2.75) is 50.7 Å². The zero-order valence-electron chi connectivity index (χ0n) is 17.6. The van der Waals surface area contributed by atoms with E-state index in [1.165, 1.54) is 18.3 Å². The molecule has 0 aliphatic carbocycles. The zero-order chi connectivity index (χ0) is 22.8. The second kappa shape index (κ2) is 7.03. The molecule has 0 saturated carbocycles. The molecule has 5 rings (SSSR count). The van der Waals surface area contributed by atoms with E-state index in [1.54, 1.807) is 13.0 Å². The molecule has 2 aromatic rings. The number of carbonyl (C=O) groups is 1. The Labute approximate surface area is 181 Å². The van der Waals surface area contributed by atoms with Gasteiger partial charge in [0.2, 0.25) is 5.95 Å². The minimum absolute atomic E-state index is 0.0324. The molecule has 0 aromatic carbocycles. The average Bonchev–Trinajstić information content (AvgIpc) is 3.43. The summed E-state index contributed by atoms with van der Waals surface area (Å²) in [6.45, 7) is 2.56. The van der Waals surface area contributed by atoms with Crippen molar-refractivity contribution in [2.75, 3.05) is 29.5 Å². The molecule has 1 unspecified atom stereocenters. The van der Waals surface area contributed by atoms with Crippen molar-refractivity contribution in [3.05, 3.63) is 46.0 Å². The van der Waals surface area contributed by atoms with E-state index in [0.717, 1.165) is 22.8 Å². The molecule has 8 nitrogen and oxygen atoms in total. The number of halogens is 3. The Morgan fingerprint density at radius 2 is 2.12 bits per heavy atom. The van der Waals surface area contributed by atoms with Crippen molar-refractivity contribution in [1.82, 2.24) is 14.5 Å². The van der Waals surface area contributed by atoms with Crippen LogP contribution in [0.4, 0.5) is 24.9 Å². The van der Waals surface area contributed by atoms with E-state index in [2.05, 4.69) is 9.97 Å². The lowest BCUT2D eigenvalue weighted by Crippen LogP contribution is -2.57. The highest BCUT2D eigenvalue weighted by molar-refractivity contribution is 5.99. The number of alkyl halides is 3. The van der Waals surface area contributed by atoms with Crippen LogP contribution in [0.15, 0.2) is 29.2 Å². The van der Waals surface area contributed by atoms with Crippen molar-refractivity contribution >= 4 is 17.5 Å². The van der Waals surface area contributed by atoms with E-state index < -0.39 is 36.1 Å². The van der Waals surface area contributed by atoms with Crippen molar-refractivity contribution in [3.63, 3.8) is 0 Å². The summed E-state index contributed by atoms with van der Waals surface area (Å²) in [5.74, 6) is -0.364. The van der Waals surface area contributed by atoms with Crippen LogP contribution >= 0.6 is 0 Å². The van der Waals surface area contributed by atoms with Gasteiger partial charge in [0.1, 0.15) is 5.82 Å². The fourth-order valence-corrected chi connectivity index (χ4v) is 4.63. The topological polar surface area (TPSA) is 80.6 Å². The predicted octanol–water partition coefficient (Wildman–Crippen LogP) is 1.95. The summed E-state index contributed by atoms with van der Waals surface area (Å²) in [5, 5.41) is 0. The Morgan fingerprint density at radius 3 is 2.72 bits per heavy atom. The van der Waals surface area contributed by atoms with E-state index in [-0.39, 0.29) is 23.7 Å². The Bertz CT molecular complexity index is 1130. The lowest BCUT2D eigenvalue weighted by molar-refractivity contribution is -0.181. The van der Waals surface area contributed by atoms with Crippen LogP contribution in [0, 0.1) is 6.92 Å². The van der Waals surface area contributed by atoms with Crippen LogP contribution in [0.1, 0.15) is 29.4 Å². The molecule has 170 valence electrons.